The van der Waals surface area contributed by atoms with Gasteiger partial charge in [-0.25, -0.2) is 0 Å². The number of nitrogens with zero attached hydrogens (tertiary/aromatic N) is 2. The second kappa shape index (κ2) is 5.48. The maximum atomic E-state index is 2.74. The molecule has 1 radical (unpaired) electrons. The van der Waals surface area contributed by atoms with Gasteiger partial charge >= 0.3 is 0 Å². The molecule has 0 fully saturated rings. The molecule has 3 aliphatic heterocycles. The fourth-order valence-electron chi connectivity index (χ4n) is 5.08. The van der Waals surface area contributed by atoms with Crippen LogP contribution in [0.4, 0.5) is 11.4 Å². The van der Waals surface area contributed by atoms with Crippen molar-refractivity contribution in [3.63, 3.8) is 0 Å². The standard InChI is InChI=1S/C23H21N2Si/c1-3-7-19(8-4-1)26(20-9-5-2-6-10-20)23-24-15-13-17-11-12-18-14-16-25(23)22(18)21(17)24/h1-12,23H,13-16H2. The fourth-order valence-corrected chi connectivity index (χ4v) is 8.25. The highest BCUT2D eigenvalue weighted by Gasteiger charge is 2.48. The summed E-state index contributed by atoms with van der Waals surface area (Å²) in [4.78, 5) is 5.48. The first-order chi connectivity index (χ1) is 12.9. The maximum absolute atomic E-state index is 2.74. The van der Waals surface area contributed by atoms with Gasteiger partial charge in [0.15, 0.2) is 8.80 Å². The minimum atomic E-state index is -0.946. The lowest BCUT2D eigenvalue weighted by atomic mass is 10.1. The second-order valence-electron chi connectivity index (χ2n) is 7.49. The van der Waals surface area contributed by atoms with Gasteiger partial charge in [-0.05, 0) is 24.0 Å². The Kier molecular flexibility index (Phi) is 3.09. The number of hydrogen-bond donors (Lipinski definition) is 0. The van der Waals surface area contributed by atoms with E-state index in [2.05, 4.69) is 82.6 Å². The summed E-state index contributed by atoms with van der Waals surface area (Å²) >= 11 is 0. The second-order valence-corrected chi connectivity index (χ2v) is 9.99. The van der Waals surface area contributed by atoms with Gasteiger partial charge in [0.25, 0.3) is 0 Å². The highest BCUT2D eigenvalue weighted by Crippen LogP contribution is 2.50. The monoisotopic (exact) mass is 353 g/mol. The van der Waals surface area contributed by atoms with Crippen LogP contribution in [0.5, 0.6) is 0 Å². The first kappa shape index (κ1) is 14.6. The van der Waals surface area contributed by atoms with Crippen molar-refractivity contribution in [3.8, 4) is 0 Å². The predicted molar refractivity (Wildman–Crippen MR) is 110 cm³/mol. The van der Waals surface area contributed by atoms with Crippen LogP contribution >= 0.6 is 0 Å². The Morgan fingerprint density at radius 3 is 1.54 bits per heavy atom. The van der Waals surface area contributed by atoms with E-state index in [4.69, 9.17) is 0 Å². The summed E-state index contributed by atoms with van der Waals surface area (Å²) in [7, 11) is -0.946. The van der Waals surface area contributed by atoms with Crippen LogP contribution < -0.4 is 20.2 Å². The predicted octanol–water partition coefficient (Wildman–Crippen LogP) is 2.60. The smallest absolute Gasteiger partial charge is 0.173 e. The molecule has 0 spiro atoms. The molecule has 0 amide bonds. The van der Waals surface area contributed by atoms with Crippen LogP contribution in [0.1, 0.15) is 11.1 Å². The van der Waals surface area contributed by atoms with E-state index < -0.39 is 8.80 Å². The van der Waals surface area contributed by atoms with E-state index in [9.17, 15) is 0 Å². The van der Waals surface area contributed by atoms with Crippen molar-refractivity contribution in [3.05, 3.63) is 83.9 Å². The molecule has 0 saturated carbocycles. The molecule has 0 aromatic heterocycles. The van der Waals surface area contributed by atoms with Gasteiger partial charge in [-0.1, -0.05) is 83.2 Å². The Morgan fingerprint density at radius 2 is 1.08 bits per heavy atom. The zero-order chi connectivity index (χ0) is 17.1. The molecule has 3 aromatic rings. The summed E-state index contributed by atoms with van der Waals surface area (Å²) in [6.45, 7) is 2.33. The largest absolute Gasteiger partial charge is 0.352 e. The molecule has 6 rings (SSSR count). The lowest BCUT2D eigenvalue weighted by Crippen LogP contribution is -2.63. The molecular formula is C23H21N2Si. The number of hydrogen-bond acceptors (Lipinski definition) is 2. The van der Waals surface area contributed by atoms with E-state index in [0.29, 0.717) is 5.79 Å². The molecule has 0 N–H and O–H groups in total. The maximum Gasteiger partial charge on any atom is 0.173 e. The average molecular weight is 354 g/mol. The van der Waals surface area contributed by atoms with E-state index >= 15 is 0 Å². The highest BCUT2D eigenvalue weighted by atomic mass is 28.3. The molecule has 0 aliphatic carbocycles. The molecule has 3 aromatic carbocycles. The number of rotatable bonds is 3. The van der Waals surface area contributed by atoms with Gasteiger partial charge in [-0.15, -0.1) is 0 Å². The molecule has 127 valence electrons. The first-order valence-electron chi connectivity index (χ1n) is 9.57. The van der Waals surface area contributed by atoms with Crippen LogP contribution in [-0.4, -0.2) is 27.7 Å². The molecule has 0 atom stereocenters. The zero-order valence-corrected chi connectivity index (χ0v) is 15.7. The van der Waals surface area contributed by atoms with Crippen molar-refractivity contribution in [2.45, 2.75) is 18.6 Å². The highest BCUT2D eigenvalue weighted by molar-refractivity contribution is 6.87. The minimum Gasteiger partial charge on any atom is -0.352 e. The summed E-state index contributed by atoms with van der Waals surface area (Å²) in [5.41, 5.74) is 6.22. The third kappa shape index (κ3) is 1.92. The van der Waals surface area contributed by atoms with Crippen LogP contribution in [0.15, 0.2) is 72.8 Å². The van der Waals surface area contributed by atoms with Crippen molar-refractivity contribution in [1.29, 1.82) is 0 Å². The summed E-state index contributed by atoms with van der Waals surface area (Å²) < 4.78 is 0. The van der Waals surface area contributed by atoms with Crippen LogP contribution in [0.3, 0.4) is 0 Å². The lowest BCUT2D eigenvalue weighted by molar-refractivity contribution is 0.734. The zero-order valence-electron chi connectivity index (χ0n) is 14.7. The van der Waals surface area contributed by atoms with Crippen molar-refractivity contribution < 1.29 is 0 Å². The summed E-state index contributed by atoms with van der Waals surface area (Å²) in [5, 5.41) is 3.03. The fraction of sp³-hybridized carbons (Fsp3) is 0.217. The molecule has 0 saturated heterocycles. The summed E-state index contributed by atoms with van der Waals surface area (Å²) in [6.07, 6.45) is 2.40. The van der Waals surface area contributed by atoms with Crippen LogP contribution in [0.2, 0.25) is 0 Å². The van der Waals surface area contributed by atoms with E-state index in [0.717, 1.165) is 0 Å². The van der Waals surface area contributed by atoms with E-state index in [1.807, 2.05) is 0 Å². The quantitative estimate of drug-likeness (QED) is 0.668. The topological polar surface area (TPSA) is 6.48 Å². The Morgan fingerprint density at radius 1 is 0.615 bits per heavy atom. The van der Waals surface area contributed by atoms with Gasteiger partial charge in [0.05, 0.1) is 17.2 Å². The SMILES string of the molecule is c1ccc([Si](c2ccccc2)C2N3CCc4ccc5c(c43)N2CC5)cc1. The molecule has 0 unspecified atom stereocenters. The van der Waals surface area contributed by atoms with Crippen molar-refractivity contribution in [2.75, 3.05) is 22.9 Å². The van der Waals surface area contributed by atoms with Gasteiger partial charge in [0.1, 0.15) is 0 Å². The minimum absolute atomic E-state index is 0.490. The van der Waals surface area contributed by atoms with Gasteiger partial charge < -0.3 is 9.80 Å². The Balaban J connectivity index is 1.55. The van der Waals surface area contributed by atoms with Crippen molar-refractivity contribution in [1.82, 2.24) is 0 Å². The van der Waals surface area contributed by atoms with Gasteiger partial charge in [0.2, 0.25) is 0 Å². The van der Waals surface area contributed by atoms with E-state index in [1.165, 1.54) is 36.3 Å². The van der Waals surface area contributed by atoms with Gasteiger partial charge in [-0.2, -0.15) is 0 Å². The molecule has 2 nitrogen and oxygen atoms in total. The Hall–Kier alpha value is -2.52. The van der Waals surface area contributed by atoms with Crippen molar-refractivity contribution in [2.24, 2.45) is 0 Å². The van der Waals surface area contributed by atoms with Gasteiger partial charge in [0, 0.05) is 13.1 Å². The van der Waals surface area contributed by atoms with E-state index in [1.54, 1.807) is 22.5 Å². The van der Waals surface area contributed by atoms with E-state index in [-0.39, 0.29) is 0 Å². The molecule has 3 aliphatic rings. The molecular weight excluding hydrogens is 332 g/mol. The number of anilines is 2. The molecule has 3 heteroatoms. The Bertz CT molecular complexity index is 892. The average Bonchev–Trinajstić information content (AvgIpc) is 3.38. The molecule has 0 bridgehead atoms. The normalized spacial score (nSPS) is 17.4. The van der Waals surface area contributed by atoms with Gasteiger partial charge in [-0.3, -0.25) is 0 Å². The van der Waals surface area contributed by atoms with Crippen molar-refractivity contribution >= 4 is 30.5 Å². The number of benzene rings is 3. The first-order valence-corrected chi connectivity index (χ1v) is 11.2. The molecule has 26 heavy (non-hydrogen) atoms. The Labute approximate surface area is 156 Å². The summed E-state index contributed by atoms with van der Waals surface area (Å²) in [6, 6.07) is 27.2. The third-order valence-electron chi connectivity index (χ3n) is 6.16. The summed E-state index contributed by atoms with van der Waals surface area (Å²) in [5.74, 6) is 0.490. The third-order valence-corrected chi connectivity index (χ3v) is 9.21. The molecule has 3 heterocycles. The lowest BCUT2D eigenvalue weighted by Gasteiger charge is -2.36. The van der Waals surface area contributed by atoms with Crippen LogP contribution in [0.25, 0.3) is 0 Å². The van der Waals surface area contributed by atoms with Crippen LogP contribution in [0, 0.1) is 0 Å². The van der Waals surface area contributed by atoms with Crippen LogP contribution in [-0.2, 0) is 12.8 Å².